The second kappa shape index (κ2) is 20.5. The summed E-state index contributed by atoms with van der Waals surface area (Å²) < 4.78 is 28.9. The van der Waals surface area contributed by atoms with E-state index in [1.54, 1.807) is 42.0 Å². The molecule has 4 N–H and O–H groups in total. The quantitative estimate of drug-likeness (QED) is 0.163. The van der Waals surface area contributed by atoms with Crippen molar-refractivity contribution in [3.63, 3.8) is 0 Å². The number of hydrogen-bond donors (Lipinski definition) is 3. The summed E-state index contributed by atoms with van der Waals surface area (Å²) in [6, 6.07) is 5.26. The number of aromatic nitrogens is 2. The number of hydrogen-bond acceptors (Lipinski definition) is 10. The minimum Gasteiger partial charge on any atom is -0.497 e. The molecule has 274 valence electrons. The van der Waals surface area contributed by atoms with Gasteiger partial charge >= 0.3 is 0 Å². The van der Waals surface area contributed by atoms with Crippen molar-refractivity contribution in [2.45, 2.75) is 67.1 Å². The molecule has 6 rings (SSSR count). The Balaban J connectivity index is 0.000000330. The third kappa shape index (κ3) is 11.9. The van der Waals surface area contributed by atoms with Crippen LogP contribution in [-0.4, -0.2) is 115 Å². The number of aliphatic hydroxyl groups excluding tert-OH is 1. The molecule has 0 saturated carbocycles. The number of likely N-dealkylation sites (tertiary alicyclic amines) is 1. The summed E-state index contributed by atoms with van der Waals surface area (Å²) >= 11 is 2.48. The number of nitrogens with zero attached hydrogens (tertiary/aromatic N) is 3. The summed E-state index contributed by atoms with van der Waals surface area (Å²) in [5, 5.41) is 17.0. The Labute approximate surface area is 308 Å². The fourth-order valence-corrected chi connectivity index (χ4v) is 6.34. The summed E-state index contributed by atoms with van der Waals surface area (Å²) in [5.74, 6) is 7.04. The van der Waals surface area contributed by atoms with Gasteiger partial charge in [-0.25, -0.2) is 4.68 Å². The molecule has 13 nitrogen and oxygen atoms in total. The average molecular weight is 808 g/mol. The van der Waals surface area contributed by atoms with Crippen molar-refractivity contribution in [1.82, 2.24) is 14.7 Å². The van der Waals surface area contributed by atoms with Gasteiger partial charge in [-0.15, -0.1) is 0 Å². The van der Waals surface area contributed by atoms with Gasteiger partial charge in [-0.05, 0) is 69.1 Å². The Morgan fingerprint density at radius 1 is 0.960 bits per heavy atom. The first-order chi connectivity index (χ1) is 24.2. The molecule has 4 fully saturated rings. The van der Waals surface area contributed by atoms with E-state index in [0.717, 1.165) is 56.0 Å². The molecule has 0 aliphatic carbocycles. The highest BCUT2D eigenvalue weighted by Crippen LogP contribution is 2.31. The molecule has 1 atom stereocenters. The van der Waals surface area contributed by atoms with Crippen LogP contribution in [0.5, 0.6) is 11.5 Å². The zero-order chi connectivity index (χ0) is 35.9. The van der Waals surface area contributed by atoms with Gasteiger partial charge in [0, 0.05) is 74.3 Å². The number of amides is 2. The van der Waals surface area contributed by atoms with E-state index in [0.29, 0.717) is 55.6 Å². The maximum absolute atomic E-state index is 12.7. The van der Waals surface area contributed by atoms with E-state index in [9.17, 15) is 9.59 Å². The fourth-order valence-electron chi connectivity index (χ4n) is 5.83. The minimum atomic E-state index is -0.625. The van der Waals surface area contributed by atoms with Gasteiger partial charge in [0.05, 0.1) is 26.4 Å². The van der Waals surface area contributed by atoms with E-state index in [2.05, 4.69) is 46.3 Å². The van der Waals surface area contributed by atoms with E-state index in [1.807, 2.05) is 0 Å². The highest BCUT2D eigenvalue weighted by atomic mass is 127. The van der Waals surface area contributed by atoms with E-state index in [4.69, 9.17) is 39.6 Å². The number of halogens is 1. The minimum absolute atomic E-state index is 0.0891. The lowest BCUT2D eigenvalue weighted by molar-refractivity contribution is -0.125. The molecule has 0 radical (unpaired) electrons. The molecule has 4 aliphatic rings. The molecule has 2 aromatic rings. The van der Waals surface area contributed by atoms with Crippen molar-refractivity contribution in [3.05, 3.63) is 47.7 Å². The SMILES string of the molecule is C=CC(=O)N1CC[C@H](n2nc(C#Cc3cc(OC)cc(OC)c3)c(C(N)=O)c2NC2CCOCC2)C1.IC1CCOCC1.OC1CCOCC1. The van der Waals surface area contributed by atoms with Crippen molar-refractivity contribution in [3.8, 4) is 23.3 Å². The van der Waals surface area contributed by atoms with Gasteiger partial charge < -0.3 is 44.7 Å². The molecule has 1 aromatic heterocycles. The van der Waals surface area contributed by atoms with Gasteiger partial charge in [-0.2, -0.15) is 5.10 Å². The van der Waals surface area contributed by atoms with E-state index < -0.39 is 5.91 Å². The summed E-state index contributed by atoms with van der Waals surface area (Å²) in [4.78, 5) is 26.5. The second-order valence-corrected chi connectivity index (χ2v) is 14.1. The normalized spacial score (nSPS) is 19.8. The van der Waals surface area contributed by atoms with Crippen molar-refractivity contribution >= 4 is 40.2 Å². The number of anilines is 1. The van der Waals surface area contributed by atoms with E-state index >= 15 is 0 Å². The number of nitrogens with one attached hydrogen (secondary N) is 1. The Kier molecular flexibility index (Phi) is 16.1. The lowest BCUT2D eigenvalue weighted by atomic mass is 10.1. The second-order valence-electron chi connectivity index (χ2n) is 12.3. The van der Waals surface area contributed by atoms with Crippen LogP contribution in [0, 0.1) is 11.8 Å². The smallest absolute Gasteiger partial charge is 0.255 e. The zero-order valence-electron chi connectivity index (χ0n) is 29.0. The highest BCUT2D eigenvalue weighted by molar-refractivity contribution is 14.1. The predicted octanol–water partition coefficient (Wildman–Crippen LogP) is 3.71. The molecule has 4 saturated heterocycles. The van der Waals surface area contributed by atoms with Gasteiger partial charge in [-0.1, -0.05) is 35.1 Å². The number of ether oxygens (including phenoxy) is 5. The molecule has 2 amide bonds. The van der Waals surface area contributed by atoms with E-state index in [1.165, 1.54) is 18.9 Å². The van der Waals surface area contributed by atoms with Crippen LogP contribution >= 0.6 is 22.6 Å². The van der Waals surface area contributed by atoms with Gasteiger partial charge in [0.25, 0.3) is 5.91 Å². The van der Waals surface area contributed by atoms with E-state index in [-0.39, 0.29) is 35.4 Å². The number of carbonyl (C=O) groups is 2. The number of aliphatic hydroxyl groups is 1. The largest absolute Gasteiger partial charge is 0.497 e. The lowest BCUT2D eigenvalue weighted by Gasteiger charge is -2.26. The predicted molar refractivity (Wildman–Crippen MR) is 198 cm³/mol. The number of benzene rings is 1. The number of nitrogens with two attached hydrogens (primary N) is 1. The van der Waals surface area contributed by atoms with Crippen LogP contribution in [0.15, 0.2) is 30.9 Å². The zero-order valence-corrected chi connectivity index (χ0v) is 31.2. The number of carbonyl (C=O) groups excluding carboxylic acids is 2. The third-order valence-corrected chi connectivity index (χ3v) is 9.98. The molecule has 0 unspecified atom stereocenters. The number of alkyl halides is 1. The first-order valence-electron chi connectivity index (χ1n) is 17.1. The van der Waals surface area contributed by atoms with Gasteiger partial charge in [0.1, 0.15) is 22.9 Å². The third-order valence-electron chi connectivity index (χ3n) is 8.73. The first-order valence-corrected chi connectivity index (χ1v) is 18.4. The Bertz CT molecular complexity index is 1430. The summed E-state index contributed by atoms with van der Waals surface area (Å²) in [5.41, 5.74) is 6.99. The van der Waals surface area contributed by atoms with Crippen LogP contribution in [0.3, 0.4) is 0 Å². The number of primary amides is 1. The lowest BCUT2D eigenvalue weighted by Crippen LogP contribution is -2.31. The summed E-state index contributed by atoms with van der Waals surface area (Å²) in [6.07, 6.45) is 7.62. The maximum atomic E-state index is 12.7. The fraction of sp³-hybridized carbons (Fsp3) is 0.583. The van der Waals surface area contributed by atoms with Crippen molar-refractivity contribution in [1.29, 1.82) is 0 Å². The Morgan fingerprint density at radius 3 is 2.02 bits per heavy atom. The molecule has 0 spiro atoms. The first kappa shape index (κ1) is 39.4. The number of rotatable bonds is 7. The van der Waals surface area contributed by atoms with Crippen LogP contribution in [0.4, 0.5) is 5.82 Å². The van der Waals surface area contributed by atoms with Crippen molar-refractivity contribution in [2.24, 2.45) is 5.73 Å². The van der Waals surface area contributed by atoms with Gasteiger partial charge in [0.2, 0.25) is 5.91 Å². The highest BCUT2D eigenvalue weighted by Gasteiger charge is 2.32. The standard InChI is InChI=1S/C26H31N5O5.C5H9IO.C5H10O2/c1-4-23(32)30-10-7-19(16-30)31-26(28-18-8-11-36-12-9-18)24(25(27)33)22(29-31)6-5-17-13-20(34-2)15-21(14-17)35-3;2*6-5-1-3-7-4-2-5/h4,13-15,18-19,28H,1,7-12,16H2,2-3H3,(H2,27,33);5H,1-4H2;5-6H,1-4H2/t19-;;/m0../s1. The van der Waals surface area contributed by atoms with Crippen LogP contribution in [0.1, 0.15) is 72.6 Å². The van der Waals surface area contributed by atoms with Crippen LogP contribution < -0.4 is 20.5 Å². The molecule has 14 heteroatoms. The molecule has 4 aliphatic heterocycles. The van der Waals surface area contributed by atoms with Gasteiger partial charge in [0.15, 0.2) is 5.69 Å². The molecule has 5 heterocycles. The molecule has 0 bridgehead atoms. The molecule has 50 heavy (non-hydrogen) atoms. The Morgan fingerprint density at radius 2 is 1.54 bits per heavy atom. The maximum Gasteiger partial charge on any atom is 0.255 e. The summed E-state index contributed by atoms with van der Waals surface area (Å²) in [7, 11) is 3.13. The average Bonchev–Trinajstić information content (AvgIpc) is 3.77. The number of methoxy groups -OCH3 is 2. The molecular formula is C36H50IN5O8. The topological polar surface area (TPSA) is 160 Å². The van der Waals surface area contributed by atoms with Crippen molar-refractivity contribution < 1.29 is 38.4 Å². The molecule has 1 aromatic carbocycles. The monoisotopic (exact) mass is 807 g/mol. The van der Waals surface area contributed by atoms with Crippen LogP contribution in [0.25, 0.3) is 0 Å². The van der Waals surface area contributed by atoms with Crippen LogP contribution in [0.2, 0.25) is 0 Å². The van der Waals surface area contributed by atoms with Gasteiger partial charge in [-0.3, -0.25) is 9.59 Å². The Hall–Kier alpha value is -3.36. The van der Waals surface area contributed by atoms with Crippen LogP contribution in [-0.2, 0) is 19.0 Å². The summed E-state index contributed by atoms with van der Waals surface area (Å²) in [6.45, 7) is 9.30. The van der Waals surface area contributed by atoms with Crippen molar-refractivity contribution in [2.75, 3.05) is 72.3 Å². The molecular weight excluding hydrogens is 757 g/mol.